The lowest BCUT2D eigenvalue weighted by molar-refractivity contribution is -0.126. The number of hydrogen-bond acceptors (Lipinski definition) is 2. The molecule has 26 heavy (non-hydrogen) atoms. The molecule has 0 radical (unpaired) electrons. The van der Waals surface area contributed by atoms with Gasteiger partial charge >= 0.3 is 0 Å². The van der Waals surface area contributed by atoms with Crippen molar-refractivity contribution in [1.29, 1.82) is 0 Å². The molecule has 1 aliphatic rings. The third-order valence-corrected chi connectivity index (χ3v) is 4.91. The van der Waals surface area contributed by atoms with Gasteiger partial charge in [-0.1, -0.05) is 30.3 Å². The van der Waals surface area contributed by atoms with E-state index in [1.807, 2.05) is 36.1 Å². The molecule has 136 valence electrons. The Morgan fingerprint density at radius 2 is 1.73 bits per heavy atom. The van der Waals surface area contributed by atoms with Crippen LogP contribution >= 0.6 is 0 Å². The average Bonchev–Trinajstić information content (AvgIpc) is 2.67. The van der Waals surface area contributed by atoms with Crippen molar-refractivity contribution in [3.63, 3.8) is 0 Å². The number of benzene rings is 2. The second-order valence-corrected chi connectivity index (χ2v) is 6.73. The molecule has 0 unspecified atom stereocenters. The van der Waals surface area contributed by atoms with E-state index in [9.17, 15) is 14.0 Å². The normalized spacial score (nSPS) is 14.9. The van der Waals surface area contributed by atoms with Gasteiger partial charge < -0.3 is 10.2 Å². The Kier molecular flexibility index (Phi) is 5.66. The third-order valence-electron chi connectivity index (χ3n) is 4.91. The summed E-state index contributed by atoms with van der Waals surface area (Å²) in [6.45, 7) is 3.49. The molecule has 0 aromatic heterocycles. The highest BCUT2D eigenvalue weighted by Crippen LogP contribution is 2.20. The van der Waals surface area contributed by atoms with Gasteiger partial charge in [0.1, 0.15) is 5.82 Å². The molecule has 1 fully saturated rings. The minimum atomic E-state index is -0.286. The second-order valence-electron chi connectivity index (χ2n) is 6.73. The number of rotatable bonds is 4. The summed E-state index contributed by atoms with van der Waals surface area (Å²) in [4.78, 5) is 26.8. The molecule has 2 aromatic rings. The smallest absolute Gasteiger partial charge is 0.254 e. The first kappa shape index (κ1) is 18.1. The van der Waals surface area contributed by atoms with Crippen molar-refractivity contribution < 1.29 is 14.0 Å². The maximum atomic E-state index is 12.9. The molecule has 0 atom stereocenters. The zero-order valence-electron chi connectivity index (χ0n) is 14.9. The molecular weight excluding hydrogens is 331 g/mol. The zero-order valence-corrected chi connectivity index (χ0v) is 14.9. The van der Waals surface area contributed by atoms with Crippen LogP contribution in [0.5, 0.6) is 0 Å². The Balaban J connectivity index is 1.50. The van der Waals surface area contributed by atoms with Gasteiger partial charge in [0.15, 0.2) is 0 Å². The van der Waals surface area contributed by atoms with Crippen LogP contribution in [0, 0.1) is 18.7 Å². The van der Waals surface area contributed by atoms with Crippen molar-refractivity contribution >= 4 is 11.8 Å². The number of aryl methyl sites for hydroxylation is 1. The summed E-state index contributed by atoms with van der Waals surface area (Å²) in [6, 6.07) is 13.7. The number of amides is 2. The molecule has 1 saturated heterocycles. The van der Waals surface area contributed by atoms with E-state index in [0.29, 0.717) is 32.5 Å². The summed E-state index contributed by atoms with van der Waals surface area (Å²) in [7, 11) is 0. The van der Waals surface area contributed by atoms with Gasteiger partial charge in [-0.3, -0.25) is 9.59 Å². The Hall–Kier alpha value is -2.69. The number of nitrogens with one attached hydrogen (secondary N) is 1. The summed E-state index contributed by atoms with van der Waals surface area (Å²) >= 11 is 0. The van der Waals surface area contributed by atoms with Gasteiger partial charge in [0.05, 0.1) is 0 Å². The molecule has 0 spiro atoms. The van der Waals surface area contributed by atoms with Crippen molar-refractivity contribution in [3.05, 3.63) is 71.0 Å². The Morgan fingerprint density at radius 1 is 1.08 bits per heavy atom. The topological polar surface area (TPSA) is 49.4 Å². The summed E-state index contributed by atoms with van der Waals surface area (Å²) in [6.07, 6.45) is 1.32. The van der Waals surface area contributed by atoms with Gasteiger partial charge in [-0.2, -0.15) is 0 Å². The summed E-state index contributed by atoms with van der Waals surface area (Å²) in [5.74, 6) is -0.340. The van der Waals surface area contributed by atoms with E-state index in [0.717, 1.165) is 16.7 Å². The van der Waals surface area contributed by atoms with Gasteiger partial charge in [-0.15, -0.1) is 0 Å². The predicted molar refractivity (Wildman–Crippen MR) is 98.1 cm³/mol. The number of carbonyl (C=O) groups is 2. The van der Waals surface area contributed by atoms with E-state index in [2.05, 4.69) is 5.32 Å². The van der Waals surface area contributed by atoms with Gasteiger partial charge in [0.25, 0.3) is 5.91 Å². The van der Waals surface area contributed by atoms with Gasteiger partial charge in [-0.25, -0.2) is 4.39 Å². The minimum Gasteiger partial charge on any atom is -0.352 e. The first-order chi connectivity index (χ1) is 12.5. The number of nitrogens with zero attached hydrogens (tertiary/aromatic N) is 1. The quantitative estimate of drug-likeness (QED) is 0.916. The first-order valence-electron chi connectivity index (χ1n) is 8.91. The van der Waals surface area contributed by atoms with Gasteiger partial charge in [0, 0.05) is 31.1 Å². The van der Waals surface area contributed by atoms with Gasteiger partial charge in [0.2, 0.25) is 5.91 Å². The molecule has 5 heteroatoms. The standard InChI is InChI=1S/C21H23FN2O2/c1-15-4-2-3-5-19(15)21(26)24-12-10-17(11-13-24)20(25)23-14-16-6-8-18(22)9-7-16/h2-9,17H,10-14H2,1H3,(H,23,25). The highest BCUT2D eigenvalue weighted by Gasteiger charge is 2.28. The van der Waals surface area contributed by atoms with E-state index in [1.54, 1.807) is 12.1 Å². The number of piperidine rings is 1. The molecule has 1 aliphatic heterocycles. The molecule has 4 nitrogen and oxygen atoms in total. The van der Waals surface area contributed by atoms with Crippen molar-refractivity contribution in [2.75, 3.05) is 13.1 Å². The van der Waals surface area contributed by atoms with Crippen LogP contribution in [0.2, 0.25) is 0 Å². The Morgan fingerprint density at radius 3 is 2.38 bits per heavy atom. The molecule has 0 aliphatic carbocycles. The SMILES string of the molecule is Cc1ccccc1C(=O)N1CCC(C(=O)NCc2ccc(F)cc2)CC1. The van der Waals surface area contributed by atoms with Crippen molar-refractivity contribution in [2.45, 2.75) is 26.3 Å². The largest absolute Gasteiger partial charge is 0.352 e. The van der Waals surface area contributed by atoms with Crippen LogP contribution < -0.4 is 5.32 Å². The van der Waals surface area contributed by atoms with Crippen LogP contribution in [-0.2, 0) is 11.3 Å². The van der Waals surface area contributed by atoms with Crippen LogP contribution in [0.25, 0.3) is 0 Å². The van der Waals surface area contributed by atoms with Crippen LogP contribution in [0.1, 0.15) is 34.3 Å². The number of carbonyl (C=O) groups excluding carboxylic acids is 2. The lowest BCUT2D eigenvalue weighted by Gasteiger charge is -2.31. The molecule has 0 bridgehead atoms. The molecule has 1 N–H and O–H groups in total. The highest BCUT2D eigenvalue weighted by atomic mass is 19.1. The maximum Gasteiger partial charge on any atom is 0.254 e. The van der Waals surface area contributed by atoms with E-state index in [4.69, 9.17) is 0 Å². The van der Waals surface area contributed by atoms with Crippen LogP contribution in [0.15, 0.2) is 48.5 Å². The van der Waals surface area contributed by atoms with Crippen molar-refractivity contribution in [3.8, 4) is 0 Å². The minimum absolute atomic E-state index is 0.00249. The molecule has 1 heterocycles. The maximum absolute atomic E-state index is 12.9. The molecule has 0 saturated carbocycles. The lowest BCUT2D eigenvalue weighted by Crippen LogP contribution is -2.43. The third kappa shape index (κ3) is 4.28. The summed E-state index contributed by atoms with van der Waals surface area (Å²) in [5, 5.41) is 2.91. The van der Waals surface area contributed by atoms with Crippen LogP contribution in [0.3, 0.4) is 0 Å². The fourth-order valence-corrected chi connectivity index (χ4v) is 3.26. The van der Waals surface area contributed by atoms with Crippen LogP contribution in [0.4, 0.5) is 4.39 Å². The van der Waals surface area contributed by atoms with Gasteiger partial charge in [-0.05, 0) is 49.1 Å². The monoisotopic (exact) mass is 354 g/mol. The summed E-state index contributed by atoms with van der Waals surface area (Å²) in [5.41, 5.74) is 2.57. The Labute approximate surface area is 153 Å². The van der Waals surface area contributed by atoms with E-state index in [-0.39, 0.29) is 23.5 Å². The number of likely N-dealkylation sites (tertiary alicyclic amines) is 1. The number of halogens is 1. The fraction of sp³-hybridized carbons (Fsp3) is 0.333. The first-order valence-corrected chi connectivity index (χ1v) is 8.91. The van der Waals surface area contributed by atoms with Crippen LogP contribution in [-0.4, -0.2) is 29.8 Å². The van der Waals surface area contributed by atoms with Crippen molar-refractivity contribution in [1.82, 2.24) is 10.2 Å². The van der Waals surface area contributed by atoms with Crippen molar-refractivity contribution in [2.24, 2.45) is 5.92 Å². The number of hydrogen-bond donors (Lipinski definition) is 1. The molecule has 2 aromatic carbocycles. The Bertz CT molecular complexity index is 781. The molecule has 2 amide bonds. The average molecular weight is 354 g/mol. The summed E-state index contributed by atoms with van der Waals surface area (Å²) < 4.78 is 12.9. The fourth-order valence-electron chi connectivity index (χ4n) is 3.26. The molecular formula is C21H23FN2O2. The second kappa shape index (κ2) is 8.13. The van der Waals surface area contributed by atoms with E-state index >= 15 is 0 Å². The zero-order chi connectivity index (χ0) is 18.5. The highest BCUT2D eigenvalue weighted by molar-refractivity contribution is 5.95. The van der Waals surface area contributed by atoms with E-state index < -0.39 is 0 Å². The molecule has 3 rings (SSSR count). The van der Waals surface area contributed by atoms with E-state index in [1.165, 1.54) is 12.1 Å². The lowest BCUT2D eigenvalue weighted by atomic mass is 9.95. The predicted octanol–water partition coefficient (Wildman–Crippen LogP) is 3.30.